The van der Waals surface area contributed by atoms with Crippen LogP contribution < -0.4 is 0 Å². The second-order valence-electron chi connectivity index (χ2n) is 3.78. The molecule has 2 heteroatoms. The summed E-state index contributed by atoms with van der Waals surface area (Å²) in [4.78, 5) is 11.3. The highest BCUT2D eigenvalue weighted by Crippen LogP contribution is 2.13. The van der Waals surface area contributed by atoms with Gasteiger partial charge in [-0.15, -0.1) is 0 Å². The van der Waals surface area contributed by atoms with Crippen molar-refractivity contribution in [2.45, 2.75) is 40.2 Å². The van der Waals surface area contributed by atoms with E-state index in [1.165, 1.54) is 12.8 Å². The molecule has 0 bridgehead atoms. The molecule has 0 N–H and O–H groups in total. The first-order chi connectivity index (χ1) is 6.69. The molecule has 0 spiro atoms. The van der Waals surface area contributed by atoms with Crippen LogP contribution in [0.4, 0.5) is 0 Å². The third-order valence-corrected chi connectivity index (χ3v) is 2.80. The van der Waals surface area contributed by atoms with Gasteiger partial charge in [-0.05, 0) is 18.1 Å². The minimum absolute atomic E-state index is 0.154. The molecule has 0 unspecified atom stereocenters. The quantitative estimate of drug-likeness (QED) is 0.658. The molecule has 78 valence electrons. The van der Waals surface area contributed by atoms with Crippen molar-refractivity contribution in [1.29, 1.82) is 0 Å². The Hall–Kier alpha value is -1.05. The largest absolute Gasteiger partial charge is 0.345 e. The molecule has 1 aromatic rings. The van der Waals surface area contributed by atoms with Crippen LogP contribution in [0.15, 0.2) is 18.3 Å². The molecule has 14 heavy (non-hydrogen) atoms. The molecule has 2 nitrogen and oxygen atoms in total. The number of aromatic nitrogens is 1. The Labute approximate surface area is 85.9 Å². The van der Waals surface area contributed by atoms with Crippen molar-refractivity contribution in [2.24, 2.45) is 5.92 Å². The maximum absolute atomic E-state index is 11.3. The smallest absolute Gasteiger partial charge is 0.176 e. The first-order valence-electron chi connectivity index (χ1n) is 5.35. The molecular weight excluding hydrogens is 174 g/mol. The molecule has 0 radical (unpaired) electrons. The number of rotatable bonds is 5. The zero-order chi connectivity index (χ0) is 10.6. The van der Waals surface area contributed by atoms with Crippen LogP contribution in [0, 0.1) is 5.92 Å². The van der Waals surface area contributed by atoms with Crippen LogP contribution >= 0.6 is 0 Å². The van der Waals surface area contributed by atoms with Crippen LogP contribution in [0.3, 0.4) is 0 Å². The summed E-state index contributed by atoms with van der Waals surface area (Å²) in [5.41, 5.74) is 0.830. The molecule has 1 heterocycles. The lowest BCUT2D eigenvalue weighted by atomic mass is 10.0. The number of Topliss-reactive ketones (excluding diaryl/α,β-unsaturated/α-hetero) is 1. The zero-order valence-electron chi connectivity index (χ0n) is 9.29. The second-order valence-corrected chi connectivity index (χ2v) is 3.78. The predicted molar refractivity (Wildman–Crippen MR) is 58.5 cm³/mol. The number of hydrogen-bond acceptors (Lipinski definition) is 1. The highest BCUT2D eigenvalue weighted by molar-refractivity contribution is 5.92. The number of nitrogens with zero attached hydrogens (tertiary/aromatic N) is 1. The number of hydrogen-bond donors (Lipinski definition) is 0. The van der Waals surface area contributed by atoms with Gasteiger partial charge in [-0.3, -0.25) is 4.79 Å². The highest BCUT2D eigenvalue weighted by Gasteiger charge is 2.09. The van der Waals surface area contributed by atoms with Gasteiger partial charge in [-0.1, -0.05) is 26.7 Å². The molecule has 0 amide bonds. The van der Waals surface area contributed by atoms with E-state index >= 15 is 0 Å². The van der Waals surface area contributed by atoms with Gasteiger partial charge in [0.05, 0.1) is 5.69 Å². The van der Waals surface area contributed by atoms with E-state index in [9.17, 15) is 4.79 Å². The number of ketones is 1. The fraction of sp³-hybridized carbons (Fsp3) is 0.583. The number of carbonyl (C=O) groups is 1. The average Bonchev–Trinajstić information content (AvgIpc) is 2.62. The molecular formula is C12H19NO. The van der Waals surface area contributed by atoms with Gasteiger partial charge >= 0.3 is 0 Å². The van der Waals surface area contributed by atoms with Crippen LogP contribution in [-0.4, -0.2) is 10.4 Å². The van der Waals surface area contributed by atoms with E-state index in [0.29, 0.717) is 5.92 Å². The summed E-state index contributed by atoms with van der Waals surface area (Å²) in [5, 5.41) is 0. The summed E-state index contributed by atoms with van der Waals surface area (Å²) in [6.45, 7) is 6.99. The topological polar surface area (TPSA) is 22.0 Å². The fourth-order valence-corrected chi connectivity index (χ4v) is 1.72. The minimum atomic E-state index is 0.154. The van der Waals surface area contributed by atoms with Crippen LogP contribution in [0.1, 0.15) is 44.1 Å². The monoisotopic (exact) mass is 193 g/mol. The summed E-state index contributed by atoms with van der Waals surface area (Å²) >= 11 is 0. The Bertz CT molecular complexity index is 297. The zero-order valence-corrected chi connectivity index (χ0v) is 9.29. The van der Waals surface area contributed by atoms with E-state index < -0.39 is 0 Å². The normalized spacial score (nSPS) is 10.9. The molecule has 0 atom stereocenters. The summed E-state index contributed by atoms with van der Waals surface area (Å²) in [7, 11) is 0. The van der Waals surface area contributed by atoms with Crippen molar-refractivity contribution in [2.75, 3.05) is 0 Å². The van der Waals surface area contributed by atoms with Gasteiger partial charge in [0, 0.05) is 19.7 Å². The molecule has 0 aliphatic rings. The predicted octanol–water partition coefficient (Wildman–Crippen LogP) is 3.13. The summed E-state index contributed by atoms with van der Waals surface area (Å²) in [6.07, 6.45) is 4.34. The Kier molecular flexibility index (Phi) is 3.93. The van der Waals surface area contributed by atoms with Gasteiger partial charge in [0.15, 0.2) is 5.78 Å². The molecule has 0 saturated carbocycles. The van der Waals surface area contributed by atoms with Crippen LogP contribution in [-0.2, 0) is 6.54 Å². The summed E-state index contributed by atoms with van der Waals surface area (Å²) < 4.78 is 2.07. The van der Waals surface area contributed by atoms with Crippen molar-refractivity contribution < 1.29 is 4.79 Å². The van der Waals surface area contributed by atoms with Gasteiger partial charge in [0.25, 0.3) is 0 Å². The molecule has 0 aliphatic heterocycles. The first-order valence-corrected chi connectivity index (χ1v) is 5.35. The average molecular weight is 193 g/mol. The minimum Gasteiger partial charge on any atom is -0.345 e. The third-order valence-electron chi connectivity index (χ3n) is 2.80. The van der Waals surface area contributed by atoms with E-state index in [1.807, 2.05) is 18.3 Å². The van der Waals surface area contributed by atoms with E-state index in [1.54, 1.807) is 6.92 Å². The Morgan fingerprint density at radius 3 is 2.57 bits per heavy atom. The molecule has 0 saturated heterocycles. The Morgan fingerprint density at radius 1 is 1.43 bits per heavy atom. The Balaban J connectivity index is 2.75. The van der Waals surface area contributed by atoms with Crippen LogP contribution in [0.5, 0.6) is 0 Å². The Morgan fingerprint density at radius 2 is 2.07 bits per heavy atom. The van der Waals surface area contributed by atoms with E-state index in [2.05, 4.69) is 18.4 Å². The SMILES string of the molecule is CCC(CC)Cn1cccc1C(C)=O. The van der Waals surface area contributed by atoms with Gasteiger partial charge < -0.3 is 4.57 Å². The van der Waals surface area contributed by atoms with Gasteiger partial charge in [-0.25, -0.2) is 0 Å². The van der Waals surface area contributed by atoms with Crippen molar-refractivity contribution in [3.8, 4) is 0 Å². The van der Waals surface area contributed by atoms with Gasteiger partial charge in [0.1, 0.15) is 0 Å². The second kappa shape index (κ2) is 4.99. The van der Waals surface area contributed by atoms with Crippen molar-refractivity contribution in [3.05, 3.63) is 24.0 Å². The third kappa shape index (κ3) is 2.47. The molecule has 0 aromatic carbocycles. The van der Waals surface area contributed by atoms with E-state index in [4.69, 9.17) is 0 Å². The molecule has 1 rings (SSSR count). The molecule has 1 aromatic heterocycles. The van der Waals surface area contributed by atoms with Crippen molar-refractivity contribution in [1.82, 2.24) is 4.57 Å². The van der Waals surface area contributed by atoms with E-state index in [0.717, 1.165) is 12.2 Å². The van der Waals surface area contributed by atoms with Crippen molar-refractivity contribution >= 4 is 5.78 Å². The lowest BCUT2D eigenvalue weighted by Gasteiger charge is -2.14. The maximum Gasteiger partial charge on any atom is 0.176 e. The fourth-order valence-electron chi connectivity index (χ4n) is 1.72. The summed E-state index contributed by atoms with van der Waals surface area (Å²) in [6, 6.07) is 3.84. The standard InChI is InChI=1S/C12H19NO/c1-4-11(5-2)9-13-8-6-7-12(13)10(3)14/h6-8,11H,4-5,9H2,1-3H3. The maximum atomic E-state index is 11.3. The van der Waals surface area contributed by atoms with Crippen LogP contribution in [0.25, 0.3) is 0 Å². The van der Waals surface area contributed by atoms with Gasteiger partial charge in [-0.2, -0.15) is 0 Å². The highest BCUT2D eigenvalue weighted by atomic mass is 16.1. The lowest BCUT2D eigenvalue weighted by Crippen LogP contribution is -2.12. The lowest BCUT2D eigenvalue weighted by molar-refractivity contribution is 0.100. The summed E-state index contributed by atoms with van der Waals surface area (Å²) in [5.74, 6) is 0.835. The van der Waals surface area contributed by atoms with E-state index in [-0.39, 0.29) is 5.78 Å². The molecule has 0 aliphatic carbocycles. The van der Waals surface area contributed by atoms with Crippen molar-refractivity contribution in [3.63, 3.8) is 0 Å². The van der Waals surface area contributed by atoms with Crippen LogP contribution in [0.2, 0.25) is 0 Å². The van der Waals surface area contributed by atoms with Gasteiger partial charge in [0.2, 0.25) is 0 Å². The first kappa shape index (κ1) is 11.0. The molecule has 0 fully saturated rings. The number of carbonyl (C=O) groups excluding carboxylic acids is 1.